The molecule has 1 amide bonds. The second kappa shape index (κ2) is 8.87. The third kappa shape index (κ3) is 5.00. The molecule has 0 saturated heterocycles. The minimum Gasteiger partial charge on any atom is -0.350 e. The van der Waals surface area contributed by atoms with Gasteiger partial charge in [-0.2, -0.15) is 0 Å². The van der Waals surface area contributed by atoms with Gasteiger partial charge in [-0.3, -0.25) is 14.1 Å². The van der Waals surface area contributed by atoms with Crippen molar-refractivity contribution < 1.29 is 13.2 Å². The zero-order chi connectivity index (χ0) is 20.9. The summed E-state index contributed by atoms with van der Waals surface area (Å²) in [5.41, 5.74) is 3.09. The number of hydrogen-bond donors (Lipinski definition) is 1. The molecule has 0 aliphatic heterocycles. The average molecular weight is 410 g/mol. The Bertz CT molecular complexity index is 1080. The zero-order valence-electron chi connectivity index (χ0n) is 16.4. The fourth-order valence-electron chi connectivity index (χ4n) is 2.87. The Morgan fingerprint density at radius 1 is 0.966 bits per heavy atom. The number of carbonyl (C=O) groups is 1. The van der Waals surface area contributed by atoms with Crippen molar-refractivity contribution in [2.45, 2.75) is 25.3 Å². The van der Waals surface area contributed by atoms with Gasteiger partial charge in [-0.25, -0.2) is 8.42 Å². The highest BCUT2D eigenvalue weighted by atomic mass is 32.2. The van der Waals surface area contributed by atoms with E-state index in [1.165, 1.54) is 0 Å². The Labute approximate surface area is 171 Å². The fourth-order valence-corrected chi connectivity index (χ4v) is 4.35. The van der Waals surface area contributed by atoms with Gasteiger partial charge in [-0.05, 0) is 55.3 Å². The molecule has 0 fully saturated rings. The normalized spacial score (nSPS) is 11.1. The number of benzene rings is 2. The lowest BCUT2D eigenvalue weighted by Crippen LogP contribution is -2.41. The molecule has 6 nitrogen and oxygen atoms in total. The summed E-state index contributed by atoms with van der Waals surface area (Å²) in [6.45, 7) is 3.70. The van der Waals surface area contributed by atoms with Gasteiger partial charge in [0.1, 0.15) is 6.54 Å². The molecule has 0 bridgehead atoms. The average Bonchev–Trinajstić information content (AvgIpc) is 2.72. The number of aryl methyl sites for hydroxylation is 2. The van der Waals surface area contributed by atoms with Crippen molar-refractivity contribution in [1.82, 2.24) is 10.3 Å². The van der Waals surface area contributed by atoms with E-state index >= 15 is 0 Å². The van der Waals surface area contributed by atoms with Crippen LogP contribution in [0.5, 0.6) is 0 Å². The molecule has 3 aromatic rings. The summed E-state index contributed by atoms with van der Waals surface area (Å²) in [6.07, 6.45) is 3.28. The highest BCUT2D eigenvalue weighted by molar-refractivity contribution is 7.92. The van der Waals surface area contributed by atoms with Gasteiger partial charge >= 0.3 is 0 Å². The largest absolute Gasteiger partial charge is 0.350 e. The molecule has 0 atom stereocenters. The van der Waals surface area contributed by atoms with E-state index in [4.69, 9.17) is 0 Å². The number of anilines is 1. The van der Waals surface area contributed by atoms with Gasteiger partial charge in [-0.15, -0.1) is 0 Å². The minimum absolute atomic E-state index is 0.147. The number of carbonyl (C=O) groups excluding carboxylic acids is 1. The standard InChI is InChI=1S/C22H23N3O3S/c1-17-7-9-20(10-8-17)29(27,28)25(21-6-4-3-5-18(21)2)16-22(26)24-15-19-11-13-23-14-12-19/h3-14H,15-16H2,1-2H3,(H,24,26). The van der Waals surface area contributed by atoms with Gasteiger partial charge in [0.2, 0.25) is 5.91 Å². The van der Waals surface area contributed by atoms with Crippen molar-refractivity contribution in [1.29, 1.82) is 0 Å². The summed E-state index contributed by atoms with van der Waals surface area (Å²) in [5, 5.41) is 2.78. The van der Waals surface area contributed by atoms with Gasteiger partial charge in [0.05, 0.1) is 10.6 Å². The summed E-state index contributed by atoms with van der Waals surface area (Å²) in [5.74, 6) is -0.388. The second-order valence-corrected chi connectivity index (χ2v) is 8.61. The first-order chi connectivity index (χ1) is 13.9. The molecule has 0 unspecified atom stereocenters. The van der Waals surface area contributed by atoms with E-state index in [1.54, 1.807) is 60.9 Å². The summed E-state index contributed by atoms with van der Waals surface area (Å²) in [4.78, 5) is 16.7. The summed E-state index contributed by atoms with van der Waals surface area (Å²) < 4.78 is 27.8. The molecule has 0 aliphatic rings. The molecule has 3 rings (SSSR count). The fraction of sp³-hybridized carbons (Fsp3) is 0.182. The van der Waals surface area contributed by atoms with Gasteiger partial charge in [0.25, 0.3) is 10.0 Å². The van der Waals surface area contributed by atoms with Crippen molar-refractivity contribution >= 4 is 21.6 Å². The number of hydrogen-bond acceptors (Lipinski definition) is 4. The van der Waals surface area contributed by atoms with Crippen molar-refractivity contribution in [3.8, 4) is 0 Å². The molecule has 150 valence electrons. The van der Waals surface area contributed by atoms with Crippen LogP contribution in [0.15, 0.2) is 78.0 Å². The maximum Gasteiger partial charge on any atom is 0.264 e. The smallest absolute Gasteiger partial charge is 0.264 e. The number of pyridine rings is 1. The third-order valence-corrected chi connectivity index (χ3v) is 6.29. The number of aromatic nitrogens is 1. The maximum absolute atomic E-state index is 13.3. The number of para-hydroxylation sites is 1. The second-order valence-electron chi connectivity index (χ2n) is 6.74. The Morgan fingerprint density at radius 3 is 2.28 bits per heavy atom. The molecule has 0 saturated carbocycles. The van der Waals surface area contributed by atoms with E-state index in [-0.39, 0.29) is 17.3 Å². The lowest BCUT2D eigenvalue weighted by Gasteiger charge is -2.25. The topological polar surface area (TPSA) is 79.4 Å². The van der Waals surface area contributed by atoms with Crippen LogP contribution in [0.1, 0.15) is 16.7 Å². The predicted octanol–water partition coefficient (Wildman–Crippen LogP) is 3.21. The molecular formula is C22H23N3O3S. The van der Waals surface area contributed by atoms with Crippen molar-refractivity contribution in [3.63, 3.8) is 0 Å². The Kier molecular flexibility index (Phi) is 6.29. The van der Waals surface area contributed by atoms with Crippen molar-refractivity contribution in [3.05, 3.63) is 89.7 Å². The molecule has 0 aliphatic carbocycles. The number of nitrogens with one attached hydrogen (secondary N) is 1. The first-order valence-electron chi connectivity index (χ1n) is 9.18. The SMILES string of the molecule is Cc1ccc(S(=O)(=O)N(CC(=O)NCc2ccncc2)c2ccccc2C)cc1. The predicted molar refractivity (Wildman–Crippen MR) is 113 cm³/mol. The van der Waals surface area contributed by atoms with E-state index < -0.39 is 10.0 Å². The van der Waals surface area contributed by atoms with Crippen LogP contribution < -0.4 is 9.62 Å². The van der Waals surface area contributed by atoms with Gasteiger partial charge in [0, 0.05) is 18.9 Å². The lowest BCUT2D eigenvalue weighted by molar-refractivity contribution is -0.119. The lowest BCUT2D eigenvalue weighted by atomic mass is 10.2. The zero-order valence-corrected chi connectivity index (χ0v) is 17.2. The van der Waals surface area contributed by atoms with E-state index in [0.29, 0.717) is 12.2 Å². The van der Waals surface area contributed by atoms with E-state index in [2.05, 4.69) is 10.3 Å². The maximum atomic E-state index is 13.3. The van der Waals surface area contributed by atoms with Crippen LogP contribution in [-0.2, 0) is 21.4 Å². The monoisotopic (exact) mass is 409 g/mol. The molecular weight excluding hydrogens is 386 g/mol. The van der Waals surface area contributed by atoms with Crippen LogP contribution in [0, 0.1) is 13.8 Å². The Morgan fingerprint density at radius 2 is 1.62 bits per heavy atom. The quantitative estimate of drug-likeness (QED) is 0.650. The third-order valence-electron chi connectivity index (χ3n) is 4.52. The van der Waals surface area contributed by atoms with Crippen LogP contribution in [0.3, 0.4) is 0 Å². The highest BCUT2D eigenvalue weighted by Crippen LogP contribution is 2.26. The number of amides is 1. The van der Waals surface area contributed by atoms with Gasteiger partial charge in [-0.1, -0.05) is 35.9 Å². The van der Waals surface area contributed by atoms with Crippen LogP contribution >= 0.6 is 0 Å². The number of rotatable bonds is 7. The molecule has 1 heterocycles. The van der Waals surface area contributed by atoms with Crippen molar-refractivity contribution in [2.24, 2.45) is 0 Å². The van der Waals surface area contributed by atoms with E-state index in [9.17, 15) is 13.2 Å². The van der Waals surface area contributed by atoms with Crippen LogP contribution in [0.2, 0.25) is 0 Å². The summed E-state index contributed by atoms with van der Waals surface area (Å²) in [7, 11) is -3.91. The molecule has 1 N–H and O–H groups in total. The van der Waals surface area contributed by atoms with E-state index in [0.717, 1.165) is 21.0 Å². The molecule has 2 aromatic carbocycles. The van der Waals surface area contributed by atoms with Gasteiger partial charge < -0.3 is 5.32 Å². The first kappa shape index (κ1) is 20.5. The molecule has 0 radical (unpaired) electrons. The molecule has 1 aromatic heterocycles. The van der Waals surface area contributed by atoms with Crippen LogP contribution in [0.25, 0.3) is 0 Å². The molecule has 0 spiro atoms. The summed E-state index contributed by atoms with van der Waals surface area (Å²) >= 11 is 0. The Hall–Kier alpha value is -3.19. The number of nitrogens with zero attached hydrogens (tertiary/aromatic N) is 2. The van der Waals surface area contributed by atoms with Crippen LogP contribution in [-0.4, -0.2) is 25.9 Å². The molecule has 29 heavy (non-hydrogen) atoms. The highest BCUT2D eigenvalue weighted by Gasteiger charge is 2.28. The minimum atomic E-state index is -3.91. The van der Waals surface area contributed by atoms with Crippen molar-refractivity contribution in [2.75, 3.05) is 10.8 Å². The number of sulfonamides is 1. The van der Waals surface area contributed by atoms with Crippen LogP contribution in [0.4, 0.5) is 5.69 Å². The Balaban J connectivity index is 1.88. The van der Waals surface area contributed by atoms with E-state index in [1.807, 2.05) is 26.0 Å². The first-order valence-corrected chi connectivity index (χ1v) is 10.6. The van der Waals surface area contributed by atoms with Gasteiger partial charge in [0.15, 0.2) is 0 Å². The summed E-state index contributed by atoms with van der Waals surface area (Å²) in [6, 6.07) is 17.3. The molecule has 7 heteroatoms.